The lowest BCUT2D eigenvalue weighted by atomic mass is 10.0. The first kappa shape index (κ1) is 13.4. The second-order valence-corrected chi connectivity index (χ2v) is 6.92. The summed E-state index contributed by atoms with van der Waals surface area (Å²) in [4.78, 5) is 0. The Labute approximate surface area is 145 Å². The van der Waals surface area contributed by atoms with E-state index < -0.39 is 0 Å². The number of furan rings is 1. The van der Waals surface area contributed by atoms with E-state index in [2.05, 4.69) is 40.2 Å². The number of benzene rings is 4. The molecule has 4 aromatic carbocycles. The van der Waals surface area contributed by atoms with Gasteiger partial charge in [-0.1, -0.05) is 76.1 Å². The van der Waals surface area contributed by atoms with Crippen LogP contribution in [0.4, 0.5) is 0 Å². The average molecular weight is 382 g/mol. The Morgan fingerprint density at radius 2 is 1.17 bits per heavy atom. The van der Waals surface area contributed by atoms with Crippen molar-refractivity contribution in [1.29, 1.82) is 0 Å². The molecule has 110 valence electrons. The summed E-state index contributed by atoms with van der Waals surface area (Å²) in [6.45, 7) is 0. The van der Waals surface area contributed by atoms with Crippen LogP contribution < -0.4 is 0 Å². The van der Waals surface area contributed by atoms with Crippen LogP contribution in [0.3, 0.4) is 0 Å². The van der Waals surface area contributed by atoms with Crippen LogP contribution in [-0.4, -0.2) is 0 Å². The van der Waals surface area contributed by atoms with Gasteiger partial charge in [-0.3, -0.25) is 0 Å². The Balaban J connectivity index is 2.12. The fourth-order valence-corrected chi connectivity index (χ4v) is 4.18. The summed E-state index contributed by atoms with van der Waals surface area (Å²) >= 11 is 10.2. The molecule has 0 unspecified atom stereocenters. The van der Waals surface area contributed by atoms with Gasteiger partial charge in [-0.25, -0.2) is 0 Å². The fourth-order valence-electron chi connectivity index (χ4n) is 3.33. The third-order valence-corrected chi connectivity index (χ3v) is 5.35. The molecule has 0 N–H and O–H groups in total. The van der Waals surface area contributed by atoms with Crippen molar-refractivity contribution in [2.45, 2.75) is 0 Å². The lowest BCUT2D eigenvalue weighted by molar-refractivity contribution is 0.676. The van der Waals surface area contributed by atoms with Crippen LogP contribution >= 0.6 is 27.5 Å². The Kier molecular flexibility index (Phi) is 2.76. The van der Waals surface area contributed by atoms with E-state index in [4.69, 9.17) is 16.0 Å². The second kappa shape index (κ2) is 4.73. The maximum atomic E-state index is 6.50. The minimum atomic E-state index is 0.750. The second-order valence-electron chi connectivity index (χ2n) is 5.66. The minimum absolute atomic E-state index is 0.750. The number of halogens is 2. The van der Waals surface area contributed by atoms with Crippen LogP contribution in [0.25, 0.3) is 43.5 Å². The normalized spacial score (nSPS) is 11.9. The summed E-state index contributed by atoms with van der Waals surface area (Å²) in [5.74, 6) is 0. The molecule has 0 radical (unpaired) electrons. The van der Waals surface area contributed by atoms with E-state index in [1.54, 1.807) is 0 Å². The van der Waals surface area contributed by atoms with Crippen LogP contribution in [0.15, 0.2) is 69.6 Å². The van der Waals surface area contributed by atoms with Crippen molar-refractivity contribution < 1.29 is 4.42 Å². The maximum absolute atomic E-state index is 6.50. The fraction of sp³-hybridized carbons (Fsp3) is 0. The molecule has 1 aromatic heterocycles. The van der Waals surface area contributed by atoms with Gasteiger partial charge in [0.2, 0.25) is 0 Å². The van der Waals surface area contributed by atoms with Crippen LogP contribution in [-0.2, 0) is 0 Å². The maximum Gasteiger partial charge on any atom is 0.143 e. The molecule has 0 aliphatic rings. The largest absolute Gasteiger partial charge is 0.455 e. The van der Waals surface area contributed by atoms with Crippen molar-refractivity contribution in [3.8, 4) is 0 Å². The zero-order valence-corrected chi connectivity index (χ0v) is 14.3. The van der Waals surface area contributed by atoms with Gasteiger partial charge < -0.3 is 4.42 Å². The number of rotatable bonds is 0. The highest BCUT2D eigenvalue weighted by Crippen LogP contribution is 2.41. The predicted octanol–water partition coefficient (Wildman–Crippen LogP) is 7.31. The molecule has 0 fully saturated rings. The Hall–Kier alpha value is -2.03. The Morgan fingerprint density at radius 3 is 1.87 bits per heavy atom. The van der Waals surface area contributed by atoms with Crippen molar-refractivity contribution in [3.63, 3.8) is 0 Å². The molecule has 0 saturated carbocycles. The van der Waals surface area contributed by atoms with E-state index in [0.29, 0.717) is 0 Å². The van der Waals surface area contributed by atoms with E-state index >= 15 is 0 Å². The van der Waals surface area contributed by atoms with E-state index in [-0.39, 0.29) is 0 Å². The lowest BCUT2D eigenvalue weighted by Crippen LogP contribution is -1.77. The standard InChI is InChI=1S/C20H10BrClO/c21-17-9-15-16-10-18(22)12-6-2-4-8-14(12)20(16)23-19(15)13-7-3-1-5-11(13)17/h1-10H. The highest BCUT2D eigenvalue weighted by Gasteiger charge is 2.16. The average Bonchev–Trinajstić information content (AvgIpc) is 2.95. The summed E-state index contributed by atoms with van der Waals surface area (Å²) in [6.07, 6.45) is 0. The molecule has 0 atom stereocenters. The van der Waals surface area contributed by atoms with Gasteiger partial charge in [-0.2, -0.15) is 0 Å². The molecule has 5 aromatic rings. The first-order valence-corrected chi connectivity index (χ1v) is 8.52. The van der Waals surface area contributed by atoms with Gasteiger partial charge >= 0.3 is 0 Å². The predicted molar refractivity (Wildman–Crippen MR) is 101 cm³/mol. The third kappa shape index (κ3) is 1.79. The molecular weight excluding hydrogens is 372 g/mol. The molecule has 0 spiro atoms. The highest BCUT2D eigenvalue weighted by atomic mass is 79.9. The Bertz CT molecular complexity index is 1140. The van der Waals surface area contributed by atoms with Gasteiger partial charge in [-0.15, -0.1) is 0 Å². The molecule has 0 aliphatic heterocycles. The van der Waals surface area contributed by atoms with E-state index in [1.165, 1.54) is 0 Å². The van der Waals surface area contributed by atoms with Gasteiger partial charge in [0.25, 0.3) is 0 Å². The number of hydrogen-bond donors (Lipinski definition) is 0. The van der Waals surface area contributed by atoms with Crippen molar-refractivity contribution in [1.82, 2.24) is 0 Å². The first-order valence-electron chi connectivity index (χ1n) is 7.35. The zero-order chi connectivity index (χ0) is 15.6. The van der Waals surface area contributed by atoms with Gasteiger partial charge in [-0.05, 0) is 17.5 Å². The summed E-state index contributed by atoms with van der Waals surface area (Å²) < 4.78 is 7.37. The molecule has 0 bridgehead atoms. The summed E-state index contributed by atoms with van der Waals surface area (Å²) in [6, 6.07) is 20.5. The quantitative estimate of drug-likeness (QED) is 0.274. The highest BCUT2D eigenvalue weighted by molar-refractivity contribution is 9.10. The summed E-state index contributed by atoms with van der Waals surface area (Å²) in [5, 5.41) is 7.20. The lowest BCUT2D eigenvalue weighted by Gasteiger charge is -2.01. The molecule has 5 rings (SSSR count). The molecule has 23 heavy (non-hydrogen) atoms. The number of hydrogen-bond acceptors (Lipinski definition) is 1. The van der Waals surface area contributed by atoms with Crippen molar-refractivity contribution in [2.24, 2.45) is 0 Å². The van der Waals surface area contributed by atoms with Gasteiger partial charge in [0, 0.05) is 36.4 Å². The molecule has 3 heteroatoms. The van der Waals surface area contributed by atoms with E-state index in [9.17, 15) is 0 Å². The smallest absolute Gasteiger partial charge is 0.143 e. The zero-order valence-electron chi connectivity index (χ0n) is 11.9. The topological polar surface area (TPSA) is 13.1 Å². The first-order chi connectivity index (χ1) is 11.2. The molecule has 1 nitrogen and oxygen atoms in total. The van der Waals surface area contributed by atoms with E-state index in [1.807, 2.05) is 36.4 Å². The minimum Gasteiger partial charge on any atom is -0.455 e. The van der Waals surface area contributed by atoms with Crippen LogP contribution in [0.1, 0.15) is 0 Å². The molecule has 0 aliphatic carbocycles. The van der Waals surface area contributed by atoms with Crippen molar-refractivity contribution >= 4 is 71.0 Å². The summed E-state index contributed by atoms with van der Waals surface area (Å²) in [5.41, 5.74) is 1.80. The van der Waals surface area contributed by atoms with Crippen LogP contribution in [0, 0.1) is 0 Å². The SMILES string of the molecule is Clc1cc2c3cc(Br)c4ccccc4c3oc2c2ccccc12. The summed E-state index contributed by atoms with van der Waals surface area (Å²) in [7, 11) is 0. The third-order valence-electron chi connectivity index (χ3n) is 4.38. The Morgan fingerprint density at radius 1 is 0.652 bits per heavy atom. The monoisotopic (exact) mass is 380 g/mol. The van der Waals surface area contributed by atoms with Crippen LogP contribution in [0.2, 0.25) is 5.02 Å². The van der Waals surface area contributed by atoms with Crippen molar-refractivity contribution in [3.05, 3.63) is 70.2 Å². The molecular formula is C20H10BrClO. The van der Waals surface area contributed by atoms with Crippen LogP contribution in [0.5, 0.6) is 0 Å². The molecule has 1 heterocycles. The van der Waals surface area contributed by atoms with E-state index in [0.717, 1.165) is 53.0 Å². The van der Waals surface area contributed by atoms with Gasteiger partial charge in [0.05, 0.1) is 0 Å². The molecule has 0 amide bonds. The van der Waals surface area contributed by atoms with Crippen molar-refractivity contribution in [2.75, 3.05) is 0 Å². The van der Waals surface area contributed by atoms with Gasteiger partial charge in [0.1, 0.15) is 11.2 Å². The van der Waals surface area contributed by atoms with Gasteiger partial charge in [0.15, 0.2) is 0 Å². The number of fused-ring (bicyclic) bond motifs is 7. The molecule has 0 saturated heterocycles.